The van der Waals surface area contributed by atoms with Gasteiger partial charge < -0.3 is 9.80 Å². The molecule has 5 nitrogen and oxygen atoms in total. The van der Waals surface area contributed by atoms with Gasteiger partial charge in [0.2, 0.25) is 0 Å². The van der Waals surface area contributed by atoms with Gasteiger partial charge in [0, 0.05) is 66.2 Å². The van der Waals surface area contributed by atoms with Crippen molar-refractivity contribution in [2.75, 3.05) is 26.7 Å². The highest BCUT2D eigenvalue weighted by molar-refractivity contribution is 7.10. The molecule has 0 radical (unpaired) electrons. The van der Waals surface area contributed by atoms with E-state index in [0.29, 0.717) is 0 Å². The minimum absolute atomic E-state index is 0.219. The lowest BCUT2D eigenvalue weighted by Crippen LogP contribution is -2.30. The number of aromatic nitrogens is 2. The summed E-state index contributed by atoms with van der Waals surface area (Å²) < 4.78 is 0. The number of hydrogen-bond donors (Lipinski definition) is 0. The molecule has 6 heteroatoms. The van der Waals surface area contributed by atoms with Gasteiger partial charge in [-0.25, -0.2) is 9.97 Å². The molecule has 1 atom stereocenters. The van der Waals surface area contributed by atoms with Crippen molar-refractivity contribution in [3.8, 4) is 0 Å². The van der Waals surface area contributed by atoms with Crippen LogP contribution in [0, 0.1) is 0 Å². The average Bonchev–Trinajstić information content (AvgIpc) is 3.34. The van der Waals surface area contributed by atoms with Gasteiger partial charge in [-0.3, -0.25) is 4.79 Å². The molecule has 0 spiro atoms. The highest BCUT2D eigenvalue weighted by Crippen LogP contribution is 2.33. The molecule has 2 aromatic rings. The van der Waals surface area contributed by atoms with Crippen LogP contribution >= 0.6 is 11.3 Å². The molecule has 5 rings (SSSR count). The monoisotopic (exact) mass is 382 g/mol. The first-order chi connectivity index (χ1) is 13.2. The molecule has 1 fully saturated rings. The number of amides is 1. The Kier molecular flexibility index (Phi) is 4.48. The highest BCUT2D eigenvalue weighted by Gasteiger charge is 2.32. The first-order valence-corrected chi connectivity index (χ1v) is 11.0. The first-order valence-electron chi connectivity index (χ1n) is 10.1. The Morgan fingerprint density at radius 1 is 1.22 bits per heavy atom. The number of aryl methyl sites for hydroxylation is 1. The molecule has 0 saturated carbocycles. The number of likely N-dealkylation sites (tertiary alicyclic amines) is 1. The van der Waals surface area contributed by atoms with Crippen LogP contribution in [0.15, 0.2) is 11.6 Å². The molecule has 2 aliphatic heterocycles. The van der Waals surface area contributed by atoms with Crippen LogP contribution in [0.2, 0.25) is 0 Å². The third-order valence-corrected chi connectivity index (χ3v) is 7.36. The molecule has 0 unspecified atom stereocenters. The highest BCUT2D eigenvalue weighted by atomic mass is 32.1. The molecule has 1 saturated heterocycles. The Balaban J connectivity index is 1.32. The molecule has 2 aromatic heterocycles. The summed E-state index contributed by atoms with van der Waals surface area (Å²) in [7, 11) is 2.14. The summed E-state index contributed by atoms with van der Waals surface area (Å²) in [6, 6.07) is 0. The van der Waals surface area contributed by atoms with E-state index in [1.807, 2.05) is 11.1 Å². The van der Waals surface area contributed by atoms with Crippen LogP contribution in [0.3, 0.4) is 0 Å². The fraction of sp³-hybridized carbons (Fsp3) is 0.571. The van der Waals surface area contributed by atoms with E-state index >= 15 is 0 Å². The number of likely N-dealkylation sites (N-methyl/N-ethyl adjacent to an activating group) is 1. The van der Waals surface area contributed by atoms with E-state index in [0.717, 1.165) is 63.3 Å². The maximum atomic E-state index is 13.1. The SMILES string of the molecule is CN1CCc2nc([C@@H]3CCN(C(=O)c4csc5c4CCCC5)C3)ncc2C1. The number of thiophene rings is 1. The predicted molar refractivity (Wildman–Crippen MR) is 106 cm³/mol. The lowest BCUT2D eigenvalue weighted by Gasteiger charge is -2.24. The minimum atomic E-state index is 0.219. The van der Waals surface area contributed by atoms with Gasteiger partial charge in [0.25, 0.3) is 5.91 Å². The maximum absolute atomic E-state index is 13.1. The largest absolute Gasteiger partial charge is 0.338 e. The zero-order valence-corrected chi connectivity index (χ0v) is 16.7. The number of carbonyl (C=O) groups excluding carboxylic acids is 1. The van der Waals surface area contributed by atoms with Crippen molar-refractivity contribution in [1.82, 2.24) is 19.8 Å². The van der Waals surface area contributed by atoms with Crippen LogP contribution in [0.25, 0.3) is 0 Å². The van der Waals surface area contributed by atoms with Crippen LogP contribution in [0.1, 0.15) is 63.1 Å². The quantitative estimate of drug-likeness (QED) is 0.801. The summed E-state index contributed by atoms with van der Waals surface area (Å²) >= 11 is 1.78. The number of rotatable bonds is 2. The third kappa shape index (κ3) is 3.19. The number of carbonyl (C=O) groups is 1. The van der Waals surface area contributed by atoms with Crippen molar-refractivity contribution in [2.24, 2.45) is 0 Å². The van der Waals surface area contributed by atoms with Crippen LogP contribution in [-0.4, -0.2) is 52.4 Å². The molecule has 0 aromatic carbocycles. The number of hydrogen-bond acceptors (Lipinski definition) is 5. The van der Waals surface area contributed by atoms with E-state index in [1.54, 1.807) is 11.3 Å². The Hall–Kier alpha value is -1.79. The van der Waals surface area contributed by atoms with Gasteiger partial charge >= 0.3 is 0 Å². The molecule has 4 heterocycles. The van der Waals surface area contributed by atoms with E-state index in [4.69, 9.17) is 4.98 Å². The molecular formula is C21H26N4OS. The van der Waals surface area contributed by atoms with E-state index < -0.39 is 0 Å². The summed E-state index contributed by atoms with van der Waals surface area (Å²) in [5.74, 6) is 1.42. The van der Waals surface area contributed by atoms with Crippen molar-refractivity contribution in [2.45, 2.75) is 51.0 Å². The van der Waals surface area contributed by atoms with Gasteiger partial charge in [-0.1, -0.05) is 0 Å². The minimum Gasteiger partial charge on any atom is -0.338 e. The lowest BCUT2D eigenvalue weighted by molar-refractivity contribution is 0.0789. The molecule has 1 amide bonds. The van der Waals surface area contributed by atoms with Crippen molar-refractivity contribution in [1.29, 1.82) is 0 Å². The molecular weight excluding hydrogens is 356 g/mol. The van der Waals surface area contributed by atoms with Gasteiger partial charge in [0.15, 0.2) is 0 Å². The summed E-state index contributed by atoms with van der Waals surface area (Å²) in [6.45, 7) is 3.57. The zero-order chi connectivity index (χ0) is 18.4. The average molecular weight is 383 g/mol. The topological polar surface area (TPSA) is 49.3 Å². The van der Waals surface area contributed by atoms with Crippen molar-refractivity contribution < 1.29 is 4.79 Å². The Labute approximate surface area is 164 Å². The van der Waals surface area contributed by atoms with Crippen molar-refractivity contribution in [3.05, 3.63) is 44.7 Å². The summed E-state index contributed by atoms with van der Waals surface area (Å²) in [5.41, 5.74) is 4.75. The third-order valence-electron chi connectivity index (χ3n) is 6.28. The fourth-order valence-electron chi connectivity index (χ4n) is 4.67. The standard InChI is InChI=1S/C21H26N4OS/c1-24-8-7-18-15(11-24)10-22-20(23-18)14-6-9-25(12-14)21(26)17-13-27-19-5-3-2-4-16(17)19/h10,13-14H,2-9,11-12H2,1H3/t14-/m1/s1. The van der Waals surface area contributed by atoms with Crippen LogP contribution < -0.4 is 0 Å². The van der Waals surface area contributed by atoms with Gasteiger partial charge in [-0.05, 0) is 44.7 Å². The van der Waals surface area contributed by atoms with Gasteiger partial charge in [0.05, 0.1) is 5.56 Å². The molecule has 3 aliphatic rings. The lowest BCUT2D eigenvalue weighted by atomic mass is 9.95. The normalized spacial score (nSPS) is 22.6. The number of nitrogens with zero attached hydrogens (tertiary/aromatic N) is 4. The van der Waals surface area contributed by atoms with Crippen LogP contribution in [0.4, 0.5) is 0 Å². The summed E-state index contributed by atoms with van der Waals surface area (Å²) in [6.07, 6.45) is 8.67. The maximum Gasteiger partial charge on any atom is 0.255 e. The summed E-state index contributed by atoms with van der Waals surface area (Å²) in [5, 5.41) is 2.09. The molecule has 0 bridgehead atoms. The Morgan fingerprint density at radius 3 is 3.04 bits per heavy atom. The van der Waals surface area contributed by atoms with E-state index in [2.05, 4.69) is 22.3 Å². The van der Waals surface area contributed by atoms with Crippen molar-refractivity contribution >= 4 is 17.2 Å². The second-order valence-electron chi connectivity index (χ2n) is 8.18. The zero-order valence-electron chi connectivity index (χ0n) is 15.9. The van der Waals surface area contributed by atoms with Crippen molar-refractivity contribution in [3.63, 3.8) is 0 Å². The van der Waals surface area contributed by atoms with E-state index in [1.165, 1.54) is 34.5 Å². The smallest absolute Gasteiger partial charge is 0.255 e. The molecule has 0 N–H and O–H groups in total. The second kappa shape index (κ2) is 6.99. The first kappa shape index (κ1) is 17.3. The van der Waals surface area contributed by atoms with E-state index in [-0.39, 0.29) is 11.8 Å². The van der Waals surface area contributed by atoms with Gasteiger partial charge in [-0.2, -0.15) is 0 Å². The van der Waals surface area contributed by atoms with Crippen LogP contribution in [0.5, 0.6) is 0 Å². The molecule has 27 heavy (non-hydrogen) atoms. The molecule has 142 valence electrons. The Bertz CT molecular complexity index is 877. The summed E-state index contributed by atoms with van der Waals surface area (Å²) in [4.78, 5) is 28.4. The Morgan fingerprint density at radius 2 is 2.11 bits per heavy atom. The van der Waals surface area contributed by atoms with Gasteiger partial charge in [-0.15, -0.1) is 11.3 Å². The molecule has 1 aliphatic carbocycles. The predicted octanol–water partition coefficient (Wildman–Crippen LogP) is 3.03. The van der Waals surface area contributed by atoms with E-state index in [9.17, 15) is 4.79 Å². The van der Waals surface area contributed by atoms with Gasteiger partial charge in [0.1, 0.15) is 5.82 Å². The second-order valence-corrected chi connectivity index (χ2v) is 9.15. The van der Waals surface area contributed by atoms with Crippen LogP contribution in [-0.2, 0) is 25.8 Å². The fourth-order valence-corrected chi connectivity index (χ4v) is 5.79. The number of fused-ring (bicyclic) bond motifs is 2.